The maximum absolute atomic E-state index is 13.2. The molecule has 2 rings (SSSR count). The van der Waals surface area contributed by atoms with Gasteiger partial charge in [0.1, 0.15) is 11.6 Å². The van der Waals surface area contributed by atoms with E-state index in [1.807, 2.05) is 30.3 Å². The maximum Gasteiger partial charge on any atom is 0.123 e. The molecule has 0 amide bonds. The summed E-state index contributed by atoms with van der Waals surface area (Å²) in [6, 6.07) is 14.5. The number of benzene rings is 2. The molecule has 0 aliphatic heterocycles. The third-order valence-electron chi connectivity index (χ3n) is 3.23. The van der Waals surface area contributed by atoms with Gasteiger partial charge < -0.3 is 10.5 Å². The predicted octanol–water partition coefficient (Wildman–Crippen LogP) is 3.12. The normalized spacial score (nSPS) is 12.2. The van der Waals surface area contributed by atoms with Gasteiger partial charge in [0, 0.05) is 5.92 Å². The summed E-state index contributed by atoms with van der Waals surface area (Å²) in [6.45, 7) is 0.497. The molecule has 0 spiro atoms. The van der Waals surface area contributed by atoms with E-state index in [1.54, 1.807) is 19.2 Å². The number of rotatable bonds is 5. The highest BCUT2D eigenvalue weighted by Crippen LogP contribution is 2.28. The molecule has 1 atom stereocenters. The molecule has 0 saturated heterocycles. The molecule has 2 aromatic rings. The first-order valence-electron chi connectivity index (χ1n) is 6.32. The van der Waals surface area contributed by atoms with Gasteiger partial charge in [-0.05, 0) is 42.3 Å². The predicted molar refractivity (Wildman–Crippen MR) is 74.9 cm³/mol. The van der Waals surface area contributed by atoms with Crippen LogP contribution in [0.5, 0.6) is 5.75 Å². The number of methoxy groups -OCH3 is 1. The smallest absolute Gasteiger partial charge is 0.123 e. The van der Waals surface area contributed by atoms with Crippen molar-refractivity contribution in [3.05, 3.63) is 65.5 Å². The molecule has 19 heavy (non-hydrogen) atoms. The standard InChI is InChI=1S/C16H18FNO/c1-19-16-8-3-2-7-15(16)13(11-18)9-12-5-4-6-14(17)10-12/h2-8,10,13H,9,11,18H2,1H3. The van der Waals surface area contributed by atoms with Crippen molar-refractivity contribution in [1.82, 2.24) is 0 Å². The van der Waals surface area contributed by atoms with E-state index in [2.05, 4.69) is 0 Å². The van der Waals surface area contributed by atoms with Gasteiger partial charge >= 0.3 is 0 Å². The van der Waals surface area contributed by atoms with E-state index in [0.717, 1.165) is 16.9 Å². The lowest BCUT2D eigenvalue weighted by atomic mass is 9.91. The van der Waals surface area contributed by atoms with Crippen LogP contribution in [0.15, 0.2) is 48.5 Å². The van der Waals surface area contributed by atoms with Crippen molar-refractivity contribution < 1.29 is 9.13 Å². The zero-order valence-corrected chi connectivity index (χ0v) is 11.0. The zero-order valence-electron chi connectivity index (χ0n) is 11.0. The van der Waals surface area contributed by atoms with Crippen LogP contribution in [-0.2, 0) is 6.42 Å². The molecule has 0 aromatic heterocycles. The van der Waals surface area contributed by atoms with Crippen LogP contribution in [0.4, 0.5) is 4.39 Å². The van der Waals surface area contributed by atoms with E-state index in [0.29, 0.717) is 13.0 Å². The van der Waals surface area contributed by atoms with Gasteiger partial charge in [0.05, 0.1) is 7.11 Å². The number of para-hydroxylation sites is 1. The van der Waals surface area contributed by atoms with Gasteiger partial charge in [-0.3, -0.25) is 0 Å². The van der Waals surface area contributed by atoms with E-state index in [1.165, 1.54) is 6.07 Å². The van der Waals surface area contributed by atoms with Gasteiger partial charge in [-0.1, -0.05) is 30.3 Å². The Morgan fingerprint density at radius 1 is 1.16 bits per heavy atom. The number of nitrogens with two attached hydrogens (primary N) is 1. The molecule has 0 fully saturated rings. The quantitative estimate of drug-likeness (QED) is 0.895. The van der Waals surface area contributed by atoms with Crippen molar-refractivity contribution in [3.63, 3.8) is 0 Å². The Morgan fingerprint density at radius 2 is 1.95 bits per heavy atom. The zero-order chi connectivity index (χ0) is 13.7. The van der Waals surface area contributed by atoms with Gasteiger partial charge in [-0.15, -0.1) is 0 Å². The highest BCUT2D eigenvalue weighted by atomic mass is 19.1. The van der Waals surface area contributed by atoms with Crippen LogP contribution < -0.4 is 10.5 Å². The highest BCUT2D eigenvalue weighted by molar-refractivity contribution is 5.37. The van der Waals surface area contributed by atoms with Gasteiger partial charge in [-0.25, -0.2) is 4.39 Å². The monoisotopic (exact) mass is 259 g/mol. The molecule has 0 saturated carbocycles. The second-order valence-corrected chi connectivity index (χ2v) is 4.51. The second-order valence-electron chi connectivity index (χ2n) is 4.51. The lowest BCUT2D eigenvalue weighted by Gasteiger charge is -2.18. The topological polar surface area (TPSA) is 35.2 Å². The average Bonchev–Trinajstić information content (AvgIpc) is 2.45. The Labute approximate surface area is 113 Å². The third kappa shape index (κ3) is 3.32. The highest BCUT2D eigenvalue weighted by Gasteiger charge is 2.15. The summed E-state index contributed by atoms with van der Waals surface area (Å²) in [5, 5.41) is 0. The summed E-state index contributed by atoms with van der Waals surface area (Å²) in [5.74, 6) is 0.737. The summed E-state index contributed by atoms with van der Waals surface area (Å²) in [5.41, 5.74) is 7.88. The molecule has 0 bridgehead atoms. The Kier molecular flexibility index (Phi) is 4.53. The molecule has 0 heterocycles. The van der Waals surface area contributed by atoms with E-state index >= 15 is 0 Å². The van der Waals surface area contributed by atoms with Crippen LogP contribution in [0.25, 0.3) is 0 Å². The van der Waals surface area contributed by atoms with Gasteiger partial charge in [0.25, 0.3) is 0 Å². The molecule has 2 nitrogen and oxygen atoms in total. The molecule has 3 heteroatoms. The maximum atomic E-state index is 13.2. The number of hydrogen-bond acceptors (Lipinski definition) is 2. The van der Waals surface area contributed by atoms with Crippen molar-refractivity contribution in [3.8, 4) is 5.75 Å². The van der Waals surface area contributed by atoms with Crippen LogP contribution in [0, 0.1) is 5.82 Å². The fourth-order valence-electron chi connectivity index (χ4n) is 2.27. The van der Waals surface area contributed by atoms with Crippen LogP contribution in [0.2, 0.25) is 0 Å². The Bertz CT molecular complexity index is 542. The van der Waals surface area contributed by atoms with E-state index in [4.69, 9.17) is 10.5 Å². The van der Waals surface area contributed by atoms with Crippen molar-refractivity contribution in [2.24, 2.45) is 5.73 Å². The Hall–Kier alpha value is -1.87. The molecular formula is C16H18FNO. The van der Waals surface area contributed by atoms with Gasteiger partial charge in [0.2, 0.25) is 0 Å². The Balaban J connectivity index is 2.25. The summed E-state index contributed by atoms with van der Waals surface area (Å²) < 4.78 is 18.6. The molecular weight excluding hydrogens is 241 g/mol. The van der Waals surface area contributed by atoms with Crippen molar-refractivity contribution >= 4 is 0 Å². The number of halogens is 1. The third-order valence-corrected chi connectivity index (χ3v) is 3.23. The van der Waals surface area contributed by atoms with Crippen molar-refractivity contribution in [1.29, 1.82) is 0 Å². The average molecular weight is 259 g/mol. The molecule has 1 unspecified atom stereocenters. The minimum atomic E-state index is -0.215. The van der Waals surface area contributed by atoms with Gasteiger partial charge in [0.15, 0.2) is 0 Å². The summed E-state index contributed by atoms with van der Waals surface area (Å²) in [4.78, 5) is 0. The minimum absolute atomic E-state index is 0.123. The lowest BCUT2D eigenvalue weighted by molar-refractivity contribution is 0.405. The fourth-order valence-corrected chi connectivity index (χ4v) is 2.27. The van der Waals surface area contributed by atoms with E-state index in [9.17, 15) is 4.39 Å². The molecule has 100 valence electrons. The second kappa shape index (κ2) is 6.34. The number of hydrogen-bond donors (Lipinski definition) is 1. The summed E-state index contributed by atoms with van der Waals surface area (Å²) in [6.07, 6.45) is 0.703. The minimum Gasteiger partial charge on any atom is -0.496 e. The van der Waals surface area contributed by atoms with E-state index in [-0.39, 0.29) is 11.7 Å². The summed E-state index contributed by atoms with van der Waals surface area (Å²) in [7, 11) is 1.65. The SMILES string of the molecule is COc1ccccc1C(CN)Cc1cccc(F)c1. The first-order chi connectivity index (χ1) is 9.24. The number of ether oxygens (including phenoxy) is 1. The van der Waals surface area contributed by atoms with Crippen LogP contribution in [0.1, 0.15) is 17.0 Å². The van der Waals surface area contributed by atoms with Gasteiger partial charge in [-0.2, -0.15) is 0 Å². The van der Waals surface area contributed by atoms with Crippen LogP contribution in [0.3, 0.4) is 0 Å². The first kappa shape index (κ1) is 13.6. The van der Waals surface area contributed by atoms with Crippen molar-refractivity contribution in [2.45, 2.75) is 12.3 Å². The largest absolute Gasteiger partial charge is 0.496 e. The van der Waals surface area contributed by atoms with Crippen molar-refractivity contribution in [2.75, 3.05) is 13.7 Å². The first-order valence-corrected chi connectivity index (χ1v) is 6.32. The molecule has 2 aromatic carbocycles. The molecule has 0 aliphatic carbocycles. The molecule has 0 aliphatic rings. The Morgan fingerprint density at radius 3 is 2.63 bits per heavy atom. The van der Waals surface area contributed by atoms with Crippen LogP contribution in [-0.4, -0.2) is 13.7 Å². The molecule has 2 N–H and O–H groups in total. The fraction of sp³-hybridized carbons (Fsp3) is 0.250. The molecule has 0 radical (unpaired) electrons. The summed E-state index contributed by atoms with van der Waals surface area (Å²) >= 11 is 0. The van der Waals surface area contributed by atoms with E-state index < -0.39 is 0 Å². The lowest BCUT2D eigenvalue weighted by Crippen LogP contribution is -2.16. The van der Waals surface area contributed by atoms with Crippen LogP contribution >= 0.6 is 0 Å².